The molecule has 1 heterocycles. The lowest BCUT2D eigenvalue weighted by Gasteiger charge is -2.31. The number of hydrogen-bond donors (Lipinski definition) is 2. The average Bonchev–Trinajstić information content (AvgIpc) is 2.46. The van der Waals surface area contributed by atoms with Gasteiger partial charge in [0.1, 0.15) is 5.60 Å². The van der Waals surface area contributed by atoms with Crippen molar-refractivity contribution in [2.45, 2.75) is 32.3 Å². The highest BCUT2D eigenvalue weighted by Crippen LogP contribution is 2.21. The van der Waals surface area contributed by atoms with Gasteiger partial charge >= 0.3 is 0 Å². The molecular weight excluding hydrogens is 288 g/mol. The van der Waals surface area contributed by atoms with Gasteiger partial charge in [-0.1, -0.05) is 37.3 Å². The number of nitrogens with one attached hydrogen (secondary N) is 1. The van der Waals surface area contributed by atoms with Crippen molar-refractivity contribution >= 4 is 10.2 Å². The second kappa shape index (κ2) is 6.44. The molecule has 2 atom stereocenters. The quantitative estimate of drug-likeness (QED) is 0.865. The van der Waals surface area contributed by atoms with Crippen LogP contribution in [0.25, 0.3) is 0 Å². The fraction of sp³-hybridized carbons (Fsp3) is 0.600. The smallest absolute Gasteiger partial charge is 0.279 e. The predicted octanol–water partition coefficient (Wildman–Crippen LogP) is 1.46. The molecule has 0 amide bonds. The van der Waals surface area contributed by atoms with Crippen LogP contribution < -0.4 is 4.72 Å². The summed E-state index contributed by atoms with van der Waals surface area (Å²) in [5, 5.41) is 10.5. The van der Waals surface area contributed by atoms with Crippen molar-refractivity contribution in [3.8, 4) is 0 Å². The van der Waals surface area contributed by atoms with Crippen LogP contribution in [0.5, 0.6) is 0 Å². The predicted molar refractivity (Wildman–Crippen MR) is 82.9 cm³/mol. The molecule has 0 spiro atoms. The van der Waals surface area contributed by atoms with Crippen LogP contribution in [0.15, 0.2) is 30.3 Å². The molecule has 0 saturated carbocycles. The largest absolute Gasteiger partial charge is 0.384 e. The molecule has 0 bridgehead atoms. The van der Waals surface area contributed by atoms with Crippen LogP contribution in [-0.4, -0.2) is 37.5 Å². The van der Waals surface area contributed by atoms with Crippen molar-refractivity contribution in [2.75, 3.05) is 19.6 Å². The molecule has 1 saturated heterocycles. The Balaban J connectivity index is 2.01. The second-order valence-corrected chi connectivity index (χ2v) is 7.83. The second-order valence-electron chi connectivity index (χ2n) is 6.07. The van der Waals surface area contributed by atoms with Gasteiger partial charge in [0.25, 0.3) is 10.2 Å². The van der Waals surface area contributed by atoms with Gasteiger partial charge in [0.15, 0.2) is 0 Å². The van der Waals surface area contributed by atoms with E-state index < -0.39 is 15.8 Å². The van der Waals surface area contributed by atoms with E-state index in [1.807, 2.05) is 18.2 Å². The minimum atomic E-state index is -3.53. The van der Waals surface area contributed by atoms with E-state index in [4.69, 9.17) is 0 Å². The van der Waals surface area contributed by atoms with E-state index in [0.29, 0.717) is 24.6 Å². The van der Waals surface area contributed by atoms with Gasteiger partial charge in [-0.2, -0.15) is 17.4 Å². The number of aliphatic hydroxyl groups is 1. The fourth-order valence-electron chi connectivity index (χ4n) is 2.59. The summed E-state index contributed by atoms with van der Waals surface area (Å²) in [5.74, 6) is 0.380. The lowest BCUT2D eigenvalue weighted by atomic mass is 9.97. The molecule has 1 aliphatic rings. The average molecular weight is 312 g/mol. The number of benzene rings is 1. The van der Waals surface area contributed by atoms with Gasteiger partial charge in [0.05, 0.1) is 0 Å². The van der Waals surface area contributed by atoms with Crippen molar-refractivity contribution < 1.29 is 13.5 Å². The number of rotatable bonds is 5. The Morgan fingerprint density at radius 3 is 2.67 bits per heavy atom. The number of piperidine rings is 1. The van der Waals surface area contributed by atoms with Crippen molar-refractivity contribution in [1.29, 1.82) is 0 Å². The van der Waals surface area contributed by atoms with E-state index in [2.05, 4.69) is 11.6 Å². The first-order valence-electron chi connectivity index (χ1n) is 7.34. The SMILES string of the molecule is C[C@@H]1CCCN(S(=O)(=O)NC[C@@](C)(O)c2ccccc2)C1. The standard InChI is InChI=1S/C15H24N2O3S/c1-13-7-6-10-17(11-13)21(19,20)16-12-15(2,18)14-8-4-3-5-9-14/h3-5,8-9,13,16,18H,6-7,10-12H2,1-2H3/t13-,15-/m1/s1. The Bertz CT molecular complexity index is 558. The molecule has 2 N–H and O–H groups in total. The zero-order valence-electron chi connectivity index (χ0n) is 12.6. The van der Waals surface area contributed by atoms with Crippen molar-refractivity contribution in [1.82, 2.24) is 9.03 Å². The third-order valence-corrected chi connectivity index (χ3v) is 5.47. The van der Waals surface area contributed by atoms with Gasteiger partial charge in [-0.25, -0.2) is 0 Å². The van der Waals surface area contributed by atoms with Crippen LogP contribution in [0.1, 0.15) is 32.3 Å². The van der Waals surface area contributed by atoms with Crippen LogP contribution >= 0.6 is 0 Å². The topological polar surface area (TPSA) is 69.6 Å². The van der Waals surface area contributed by atoms with Crippen LogP contribution in [0.3, 0.4) is 0 Å². The summed E-state index contributed by atoms with van der Waals surface area (Å²) >= 11 is 0. The van der Waals surface area contributed by atoms with Gasteiger partial charge in [-0.15, -0.1) is 0 Å². The van der Waals surface area contributed by atoms with Crippen molar-refractivity contribution in [3.05, 3.63) is 35.9 Å². The highest BCUT2D eigenvalue weighted by atomic mass is 32.2. The molecule has 0 aliphatic carbocycles. The zero-order chi connectivity index (χ0) is 15.5. The minimum absolute atomic E-state index is 0.0375. The first-order chi connectivity index (χ1) is 9.81. The maximum absolute atomic E-state index is 12.3. The maximum atomic E-state index is 12.3. The number of hydrogen-bond acceptors (Lipinski definition) is 3. The summed E-state index contributed by atoms with van der Waals surface area (Å²) in [7, 11) is -3.53. The maximum Gasteiger partial charge on any atom is 0.279 e. The molecule has 118 valence electrons. The van der Waals surface area contributed by atoms with E-state index in [1.165, 1.54) is 4.31 Å². The highest BCUT2D eigenvalue weighted by Gasteiger charge is 2.30. The minimum Gasteiger partial charge on any atom is -0.384 e. The molecule has 2 rings (SSSR count). The van der Waals surface area contributed by atoms with E-state index in [0.717, 1.165) is 12.8 Å². The van der Waals surface area contributed by atoms with Gasteiger partial charge < -0.3 is 5.11 Å². The van der Waals surface area contributed by atoms with Gasteiger partial charge in [0, 0.05) is 19.6 Å². The normalized spacial score (nSPS) is 23.7. The monoisotopic (exact) mass is 312 g/mol. The highest BCUT2D eigenvalue weighted by molar-refractivity contribution is 7.87. The number of nitrogens with zero attached hydrogens (tertiary/aromatic N) is 1. The molecule has 5 nitrogen and oxygen atoms in total. The first-order valence-corrected chi connectivity index (χ1v) is 8.78. The molecule has 21 heavy (non-hydrogen) atoms. The van der Waals surface area contributed by atoms with Gasteiger partial charge in [0.2, 0.25) is 0 Å². The van der Waals surface area contributed by atoms with E-state index in [1.54, 1.807) is 19.1 Å². The summed E-state index contributed by atoms with van der Waals surface area (Å²) in [6, 6.07) is 9.09. The summed E-state index contributed by atoms with van der Waals surface area (Å²) in [5.41, 5.74) is -0.532. The Morgan fingerprint density at radius 1 is 1.38 bits per heavy atom. The Morgan fingerprint density at radius 2 is 2.05 bits per heavy atom. The van der Waals surface area contributed by atoms with Gasteiger partial charge in [-0.05, 0) is 31.2 Å². The molecule has 1 fully saturated rings. The Hall–Kier alpha value is -0.950. The van der Waals surface area contributed by atoms with E-state index >= 15 is 0 Å². The lowest BCUT2D eigenvalue weighted by molar-refractivity contribution is 0.0621. The van der Waals surface area contributed by atoms with E-state index in [-0.39, 0.29) is 6.54 Å². The molecule has 0 aromatic heterocycles. The molecule has 0 radical (unpaired) electrons. The van der Waals surface area contributed by atoms with Crippen LogP contribution in [0.2, 0.25) is 0 Å². The summed E-state index contributed by atoms with van der Waals surface area (Å²) in [6.45, 7) is 4.73. The molecule has 1 aliphatic heterocycles. The van der Waals surface area contributed by atoms with Crippen LogP contribution in [-0.2, 0) is 15.8 Å². The van der Waals surface area contributed by atoms with Crippen LogP contribution in [0.4, 0.5) is 0 Å². The molecular formula is C15H24N2O3S. The van der Waals surface area contributed by atoms with Gasteiger partial charge in [-0.3, -0.25) is 0 Å². The summed E-state index contributed by atoms with van der Waals surface area (Å²) < 4.78 is 28.6. The summed E-state index contributed by atoms with van der Waals surface area (Å²) in [6.07, 6.45) is 1.95. The first kappa shape index (κ1) is 16.4. The molecule has 0 unspecified atom stereocenters. The third kappa shape index (κ3) is 4.26. The molecule has 1 aromatic rings. The van der Waals surface area contributed by atoms with Crippen molar-refractivity contribution in [3.63, 3.8) is 0 Å². The third-order valence-electron chi connectivity index (χ3n) is 3.95. The lowest BCUT2D eigenvalue weighted by Crippen LogP contribution is -2.48. The summed E-state index contributed by atoms with van der Waals surface area (Å²) in [4.78, 5) is 0. The molecule has 1 aromatic carbocycles. The zero-order valence-corrected chi connectivity index (χ0v) is 13.4. The molecule has 6 heteroatoms. The van der Waals surface area contributed by atoms with Crippen LogP contribution in [0, 0.1) is 5.92 Å². The van der Waals surface area contributed by atoms with Crippen molar-refractivity contribution in [2.24, 2.45) is 5.92 Å². The van der Waals surface area contributed by atoms with E-state index in [9.17, 15) is 13.5 Å². The Kier molecular flexibility index (Phi) is 5.03. The Labute approximate surface area is 127 Å². The fourth-order valence-corrected chi connectivity index (χ4v) is 4.05.